The standard InChI is InChI=1S/C12H17FN2O3/c1-7(6-18-3)15(2)11-4-8(12(16)17)10(14)5-9(11)13/h4-5,7H,6,14H2,1-3H3,(H,16,17). The molecule has 0 fully saturated rings. The van der Waals surface area contributed by atoms with Crippen molar-refractivity contribution in [1.29, 1.82) is 0 Å². The number of methoxy groups -OCH3 is 1. The number of anilines is 2. The van der Waals surface area contributed by atoms with E-state index in [2.05, 4.69) is 0 Å². The van der Waals surface area contributed by atoms with Crippen molar-refractivity contribution in [2.75, 3.05) is 31.4 Å². The zero-order valence-electron chi connectivity index (χ0n) is 10.6. The molecule has 0 aromatic heterocycles. The quantitative estimate of drug-likeness (QED) is 0.782. The number of likely N-dealkylation sites (N-methyl/N-ethyl adjacent to an activating group) is 1. The van der Waals surface area contributed by atoms with E-state index in [9.17, 15) is 9.18 Å². The zero-order valence-corrected chi connectivity index (χ0v) is 10.6. The molecule has 0 heterocycles. The van der Waals surface area contributed by atoms with Crippen LogP contribution >= 0.6 is 0 Å². The number of nitrogens with zero attached hydrogens (tertiary/aromatic N) is 1. The van der Waals surface area contributed by atoms with Crippen LogP contribution in [0.4, 0.5) is 15.8 Å². The second-order valence-electron chi connectivity index (χ2n) is 4.11. The molecule has 0 aliphatic carbocycles. The summed E-state index contributed by atoms with van der Waals surface area (Å²) in [6.07, 6.45) is 0. The minimum atomic E-state index is -1.18. The van der Waals surface area contributed by atoms with Crippen LogP contribution in [0.5, 0.6) is 0 Å². The summed E-state index contributed by atoms with van der Waals surface area (Å²) in [6, 6.07) is 2.17. The van der Waals surface area contributed by atoms with Crippen molar-refractivity contribution >= 4 is 17.3 Å². The van der Waals surface area contributed by atoms with Crippen LogP contribution in [0.25, 0.3) is 0 Å². The van der Waals surface area contributed by atoms with Crippen molar-refractivity contribution in [2.45, 2.75) is 13.0 Å². The molecule has 1 unspecified atom stereocenters. The predicted molar refractivity (Wildman–Crippen MR) is 67.5 cm³/mol. The van der Waals surface area contributed by atoms with Gasteiger partial charge in [0.2, 0.25) is 0 Å². The Bertz CT molecular complexity index is 451. The summed E-state index contributed by atoms with van der Waals surface area (Å²) in [4.78, 5) is 12.6. The van der Waals surface area contributed by atoms with Crippen LogP contribution in [0.2, 0.25) is 0 Å². The molecule has 3 N–H and O–H groups in total. The van der Waals surface area contributed by atoms with Gasteiger partial charge in [0.15, 0.2) is 0 Å². The van der Waals surface area contributed by atoms with Crippen LogP contribution in [0, 0.1) is 5.82 Å². The maximum Gasteiger partial charge on any atom is 0.337 e. The molecule has 100 valence electrons. The van der Waals surface area contributed by atoms with Gasteiger partial charge in [-0.3, -0.25) is 0 Å². The van der Waals surface area contributed by atoms with Gasteiger partial charge in [0.25, 0.3) is 0 Å². The number of halogens is 1. The van der Waals surface area contributed by atoms with Crippen molar-refractivity contribution in [3.63, 3.8) is 0 Å². The predicted octanol–water partition coefficient (Wildman–Crippen LogP) is 1.58. The first-order valence-corrected chi connectivity index (χ1v) is 5.42. The highest BCUT2D eigenvalue weighted by Gasteiger charge is 2.18. The molecule has 18 heavy (non-hydrogen) atoms. The number of hydrogen-bond donors (Lipinski definition) is 2. The van der Waals surface area contributed by atoms with Crippen LogP contribution in [0.15, 0.2) is 12.1 Å². The molecule has 1 aromatic rings. The first-order chi connectivity index (χ1) is 8.38. The van der Waals surface area contributed by atoms with E-state index in [0.717, 1.165) is 6.07 Å². The maximum atomic E-state index is 13.8. The maximum absolute atomic E-state index is 13.8. The molecule has 0 amide bonds. The Morgan fingerprint density at radius 2 is 2.22 bits per heavy atom. The lowest BCUT2D eigenvalue weighted by Crippen LogP contribution is -2.33. The molecule has 1 atom stereocenters. The summed E-state index contributed by atoms with van der Waals surface area (Å²) in [7, 11) is 3.22. The van der Waals surface area contributed by atoms with E-state index < -0.39 is 11.8 Å². The third-order valence-electron chi connectivity index (χ3n) is 2.80. The van der Waals surface area contributed by atoms with Gasteiger partial charge in [-0.1, -0.05) is 0 Å². The fourth-order valence-corrected chi connectivity index (χ4v) is 1.62. The zero-order chi connectivity index (χ0) is 13.9. The molecule has 1 rings (SSSR count). The van der Waals surface area contributed by atoms with Crippen LogP contribution < -0.4 is 10.6 Å². The topological polar surface area (TPSA) is 75.8 Å². The van der Waals surface area contributed by atoms with Gasteiger partial charge < -0.3 is 20.5 Å². The third-order valence-corrected chi connectivity index (χ3v) is 2.80. The van der Waals surface area contributed by atoms with Crippen molar-refractivity contribution < 1.29 is 19.0 Å². The van der Waals surface area contributed by atoms with Gasteiger partial charge in [0.05, 0.1) is 17.9 Å². The number of ether oxygens (including phenoxy) is 1. The van der Waals surface area contributed by atoms with Gasteiger partial charge in [0, 0.05) is 25.9 Å². The van der Waals surface area contributed by atoms with Gasteiger partial charge in [-0.25, -0.2) is 9.18 Å². The molecule has 6 heteroatoms. The largest absolute Gasteiger partial charge is 0.478 e. The van der Waals surface area contributed by atoms with Crippen molar-refractivity contribution in [1.82, 2.24) is 0 Å². The lowest BCUT2D eigenvalue weighted by molar-refractivity contribution is 0.0698. The summed E-state index contributed by atoms with van der Waals surface area (Å²) in [5, 5.41) is 8.96. The van der Waals surface area contributed by atoms with Crippen LogP contribution in [0.1, 0.15) is 17.3 Å². The number of carbonyl (C=O) groups is 1. The van der Waals surface area contributed by atoms with E-state index in [4.69, 9.17) is 15.6 Å². The van der Waals surface area contributed by atoms with Crippen molar-refractivity contribution in [3.8, 4) is 0 Å². The van der Waals surface area contributed by atoms with E-state index in [-0.39, 0.29) is 23.0 Å². The van der Waals surface area contributed by atoms with E-state index in [1.165, 1.54) is 6.07 Å². The number of rotatable bonds is 5. The average Bonchev–Trinajstić information content (AvgIpc) is 2.28. The second-order valence-corrected chi connectivity index (χ2v) is 4.11. The molecule has 0 aliphatic rings. The Balaban J connectivity index is 3.15. The van der Waals surface area contributed by atoms with Gasteiger partial charge in [-0.15, -0.1) is 0 Å². The van der Waals surface area contributed by atoms with Crippen LogP contribution in [0.3, 0.4) is 0 Å². The summed E-state index contributed by atoms with van der Waals surface area (Å²) >= 11 is 0. The minimum absolute atomic E-state index is 0.0865. The Morgan fingerprint density at radius 3 is 2.72 bits per heavy atom. The van der Waals surface area contributed by atoms with E-state index in [1.807, 2.05) is 6.92 Å². The average molecular weight is 256 g/mol. The molecular weight excluding hydrogens is 239 g/mol. The smallest absolute Gasteiger partial charge is 0.337 e. The van der Waals surface area contributed by atoms with E-state index >= 15 is 0 Å². The number of carboxylic acid groups (broad SMARTS) is 1. The first-order valence-electron chi connectivity index (χ1n) is 5.42. The normalized spacial score (nSPS) is 12.2. The Labute approximate surface area is 105 Å². The summed E-state index contributed by atoms with van der Waals surface area (Å²) in [6.45, 7) is 2.25. The fraction of sp³-hybridized carbons (Fsp3) is 0.417. The molecule has 0 saturated carbocycles. The van der Waals surface area contributed by atoms with Crippen molar-refractivity contribution in [2.24, 2.45) is 0 Å². The number of nitrogen functional groups attached to an aromatic ring is 1. The molecule has 0 aliphatic heterocycles. The molecular formula is C12H17FN2O3. The van der Waals surface area contributed by atoms with Gasteiger partial charge in [-0.2, -0.15) is 0 Å². The number of aromatic carboxylic acids is 1. The molecule has 5 nitrogen and oxygen atoms in total. The van der Waals surface area contributed by atoms with Crippen molar-refractivity contribution in [3.05, 3.63) is 23.5 Å². The Kier molecular flexibility index (Phi) is 4.49. The lowest BCUT2D eigenvalue weighted by atomic mass is 10.1. The van der Waals surface area contributed by atoms with E-state index in [0.29, 0.717) is 6.61 Å². The highest BCUT2D eigenvalue weighted by Crippen LogP contribution is 2.26. The van der Waals surface area contributed by atoms with Crippen LogP contribution in [-0.4, -0.2) is 37.9 Å². The molecule has 0 saturated heterocycles. The second kappa shape index (κ2) is 5.68. The van der Waals surface area contributed by atoms with Gasteiger partial charge in [-0.05, 0) is 19.1 Å². The first kappa shape index (κ1) is 14.2. The molecule has 1 aromatic carbocycles. The molecule has 0 bridgehead atoms. The lowest BCUT2D eigenvalue weighted by Gasteiger charge is -2.27. The third kappa shape index (κ3) is 2.89. The SMILES string of the molecule is COCC(C)N(C)c1cc(C(=O)O)c(N)cc1F. The summed E-state index contributed by atoms with van der Waals surface area (Å²) in [5.41, 5.74) is 5.45. The summed E-state index contributed by atoms with van der Waals surface area (Å²) < 4.78 is 18.8. The molecule has 0 spiro atoms. The Morgan fingerprint density at radius 1 is 1.61 bits per heavy atom. The fourth-order valence-electron chi connectivity index (χ4n) is 1.62. The number of hydrogen-bond acceptors (Lipinski definition) is 4. The Hall–Kier alpha value is -1.82. The highest BCUT2D eigenvalue weighted by atomic mass is 19.1. The van der Waals surface area contributed by atoms with Crippen LogP contribution in [-0.2, 0) is 4.74 Å². The van der Waals surface area contributed by atoms with Gasteiger partial charge >= 0.3 is 5.97 Å². The number of benzene rings is 1. The molecule has 0 radical (unpaired) electrons. The van der Waals surface area contributed by atoms with E-state index in [1.54, 1.807) is 19.1 Å². The monoisotopic (exact) mass is 256 g/mol. The number of carboxylic acids is 1. The summed E-state index contributed by atoms with van der Waals surface area (Å²) in [5.74, 6) is -1.73. The number of nitrogens with two attached hydrogens (primary N) is 1. The minimum Gasteiger partial charge on any atom is -0.478 e. The van der Waals surface area contributed by atoms with Gasteiger partial charge in [0.1, 0.15) is 5.82 Å². The highest BCUT2D eigenvalue weighted by molar-refractivity contribution is 5.95.